The summed E-state index contributed by atoms with van der Waals surface area (Å²) >= 11 is 5.37. The molecule has 1 rings (SSSR count). The fourth-order valence-corrected chi connectivity index (χ4v) is 2.63. The Morgan fingerprint density at radius 2 is 2.11 bits per heavy atom. The Morgan fingerprint density at radius 3 is 2.61 bits per heavy atom. The Labute approximate surface area is 110 Å². The molecule has 0 atom stereocenters. The molecule has 18 heavy (non-hydrogen) atoms. The van der Waals surface area contributed by atoms with Crippen LogP contribution in [0.1, 0.15) is 15.9 Å². The first-order chi connectivity index (χ1) is 8.21. The zero-order valence-corrected chi connectivity index (χ0v) is 11.1. The molecule has 0 heterocycles. The average molecular weight is 292 g/mol. The van der Waals surface area contributed by atoms with Crippen molar-refractivity contribution in [3.8, 4) is 0 Å². The van der Waals surface area contributed by atoms with Crippen LogP contribution in [0.25, 0.3) is 0 Å². The molecule has 0 radical (unpaired) electrons. The van der Waals surface area contributed by atoms with Gasteiger partial charge in [-0.05, 0) is 30.7 Å². The molecule has 0 unspecified atom stereocenters. The van der Waals surface area contributed by atoms with Crippen LogP contribution in [0.4, 0.5) is 4.39 Å². The van der Waals surface area contributed by atoms with Gasteiger partial charge in [0.25, 0.3) is 5.91 Å². The van der Waals surface area contributed by atoms with Gasteiger partial charge in [-0.3, -0.25) is 4.79 Å². The lowest BCUT2D eigenvalue weighted by atomic mass is 10.1. The van der Waals surface area contributed by atoms with Crippen LogP contribution in [0.3, 0.4) is 0 Å². The average Bonchev–Trinajstić information content (AvgIpc) is 2.13. The zero-order valence-electron chi connectivity index (χ0n) is 9.54. The number of rotatable bonds is 4. The summed E-state index contributed by atoms with van der Waals surface area (Å²) in [6, 6.07) is 3.43. The van der Waals surface area contributed by atoms with Crippen LogP contribution in [0.5, 0.6) is 0 Å². The topological polar surface area (TPSA) is 63.2 Å². The first kappa shape index (κ1) is 14.7. The highest BCUT2D eigenvalue weighted by Gasteiger charge is 2.18. The lowest BCUT2D eigenvalue weighted by molar-refractivity contribution is 0.0981. The molecule has 0 aliphatic heterocycles. The summed E-state index contributed by atoms with van der Waals surface area (Å²) < 4.78 is 37.6. The number of sulfonamides is 1. The molecule has 1 aromatic rings. The monoisotopic (exact) mass is 291 g/mol. The summed E-state index contributed by atoms with van der Waals surface area (Å²) in [7, 11) is -3.88. The highest BCUT2D eigenvalue weighted by Crippen LogP contribution is 2.11. The van der Waals surface area contributed by atoms with Gasteiger partial charge >= 0.3 is 0 Å². The second kappa shape index (κ2) is 5.49. The number of aryl methyl sites for hydroxylation is 1. The maximum atomic E-state index is 12.8. The van der Waals surface area contributed by atoms with E-state index in [4.69, 9.17) is 11.6 Å². The van der Waals surface area contributed by atoms with Crippen molar-refractivity contribution in [3.05, 3.63) is 46.8 Å². The molecule has 1 amide bonds. The first-order valence-corrected chi connectivity index (χ1v) is 6.88. The van der Waals surface area contributed by atoms with Gasteiger partial charge < -0.3 is 0 Å². The molecule has 0 bridgehead atoms. The van der Waals surface area contributed by atoms with E-state index in [2.05, 4.69) is 6.58 Å². The van der Waals surface area contributed by atoms with Gasteiger partial charge in [0, 0.05) is 10.6 Å². The van der Waals surface area contributed by atoms with E-state index in [0.29, 0.717) is 5.56 Å². The van der Waals surface area contributed by atoms with E-state index >= 15 is 0 Å². The summed E-state index contributed by atoms with van der Waals surface area (Å²) in [5, 5.41) is -0.105. The molecule has 1 aromatic carbocycles. The number of nitrogens with one attached hydrogen (secondary N) is 1. The minimum absolute atomic E-state index is 0.0835. The Balaban J connectivity index is 2.93. The van der Waals surface area contributed by atoms with Gasteiger partial charge in [0.05, 0.1) is 0 Å². The molecule has 0 saturated heterocycles. The molecule has 0 aromatic heterocycles. The van der Waals surface area contributed by atoms with E-state index in [1.54, 1.807) is 0 Å². The van der Waals surface area contributed by atoms with Gasteiger partial charge in [0.15, 0.2) is 0 Å². The SMILES string of the molecule is C=C(Cl)CS(=O)(=O)NC(=O)c1ccc(F)cc1C. The zero-order chi connectivity index (χ0) is 13.9. The maximum absolute atomic E-state index is 12.8. The Bertz CT molecular complexity index is 598. The van der Waals surface area contributed by atoms with E-state index in [-0.39, 0.29) is 10.6 Å². The highest BCUT2D eigenvalue weighted by atomic mass is 35.5. The van der Waals surface area contributed by atoms with Crippen molar-refractivity contribution in [2.75, 3.05) is 5.75 Å². The number of hydrogen-bond acceptors (Lipinski definition) is 3. The summed E-state index contributed by atoms with van der Waals surface area (Å²) in [4.78, 5) is 11.7. The fraction of sp³-hybridized carbons (Fsp3) is 0.182. The van der Waals surface area contributed by atoms with Crippen molar-refractivity contribution in [2.24, 2.45) is 0 Å². The van der Waals surface area contributed by atoms with Crippen LogP contribution in [0.15, 0.2) is 29.8 Å². The van der Waals surface area contributed by atoms with Crippen molar-refractivity contribution in [1.29, 1.82) is 0 Å². The molecule has 4 nitrogen and oxygen atoms in total. The Kier molecular flexibility index (Phi) is 4.48. The minimum atomic E-state index is -3.88. The van der Waals surface area contributed by atoms with Gasteiger partial charge in [0.1, 0.15) is 11.6 Å². The molecule has 0 aliphatic rings. The molecule has 7 heteroatoms. The second-order valence-corrected chi connectivity index (χ2v) is 5.92. The molecular weight excluding hydrogens is 281 g/mol. The minimum Gasteiger partial charge on any atom is -0.268 e. The van der Waals surface area contributed by atoms with Gasteiger partial charge in [-0.1, -0.05) is 18.2 Å². The normalized spacial score (nSPS) is 11.1. The summed E-state index contributed by atoms with van der Waals surface area (Å²) in [6.07, 6.45) is 0. The van der Waals surface area contributed by atoms with Crippen molar-refractivity contribution < 1.29 is 17.6 Å². The third-order valence-corrected chi connectivity index (χ3v) is 3.54. The first-order valence-electron chi connectivity index (χ1n) is 4.85. The number of carbonyl (C=O) groups is 1. The Hall–Kier alpha value is -1.40. The summed E-state index contributed by atoms with van der Waals surface area (Å²) in [6.45, 7) is 4.74. The lowest BCUT2D eigenvalue weighted by Crippen LogP contribution is -2.33. The second-order valence-electron chi connectivity index (χ2n) is 3.67. The third-order valence-electron chi connectivity index (χ3n) is 2.03. The van der Waals surface area contributed by atoms with Crippen molar-refractivity contribution in [1.82, 2.24) is 4.72 Å². The quantitative estimate of drug-likeness (QED) is 0.922. The van der Waals surface area contributed by atoms with Crippen LogP contribution in [0.2, 0.25) is 0 Å². The number of halogens is 2. The van der Waals surface area contributed by atoms with E-state index in [1.165, 1.54) is 13.0 Å². The molecule has 0 saturated carbocycles. The summed E-state index contributed by atoms with van der Waals surface area (Å²) in [5.41, 5.74) is 0.424. The fourth-order valence-electron chi connectivity index (χ4n) is 1.32. The van der Waals surface area contributed by atoms with Gasteiger partial charge in [-0.2, -0.15) is 0 Å². The number of benzene rings is 1. The van der Waals surface area contributed by atoms with Gasteiger partial charge in [-0.15, -0.1) is 0 Å². The number of hydrogen-bond donors (Lipinski definition) is 1. The van der Waals surface area contributed by atoms with E-state index in [0.717, 1.165) is 12.1 Å². The van der Waals surface area contributed by atoms with Crippen LogP contribution in [0, 0.1) is 12.7 Å². The molecule has 0 spiro atoms. The van der Waals surface area contributed by atoms with Crippen molar-refractivity contribution in [2.45, 2.75) is 6.92 Å². The Morgan fingerprint density at radius 1 is 1.50 bits per heavy atom. The third kappa shape index (κ3) is 4.12. The van der Waals surface area contributed by atoms with Crippen LogP contribution in [-0.4, -0.2) is 20.1 Å². The standard InChI is InChI=1S/C11H11ClFNO3S/c1-7-5-9(13)3-4-10(7)11(15)14-18(16,17)6-8(2)12/h3-5H,2,6H2,1H3,(H,14,15). The highest BCUT2D eigenvalue weighted by molar-refractivity contribution is 7.90. The van der Waals surface area contributed by atoms with E-state index < -0.39 is 27.5 Å². The molecule has 98 valence electrons. The van der Waals surface area contributed by atoms with E-state index in [9.17, 15) is 17.6 Å². The smallest absolute Gasteiger partial charge is 0.265 e. The van der Waals surface area contributed by atoms with Crippen LogP contribution >= 0.6 is 11.6 Å². The van der Waals surface area contributed by atoms with Crippen LogP contribution < -0.4 is 4.72 Å². The largest absolute Gasteiger partial charge is 0.268 e. The summed E-state index contributed by atoms with van der Waals surface area (Å²) in [5.74, 6) is -1.88. The molecule has 0 aliphatic carbocycles. The maximum Gasteiger partial charge on any atom is 0.265 e. The molecule has 1 N–H and O–H groups in total. The number of amides is 1. The van der Waals surface area contributed by atoms with E-state index in [1.807, 2.05) is 4.72 Å². The van der Waals surface area contributed by atoms with Gasteiger partial charge in [-0.25, -0.2) is 17.5 Å². The van der Waals surface area contributed by atoms with Crippen molar-refractivity contribution >= 4 is 27.5 Å². The molecule has 0 fully saturated rings. The van der Waals surface area contributed by atoms with Gasteiger partial charge in [0.2, 0.25) is 10.0 Å². The number of carbonyl (C=O) groups excluding carboxylic acids is 1. The van der Waals surface area contributed by atoms with Crippen molar-refractivity contribution in [3.63, 3.8) is 0 Å². The lowest BCUT2D eigenvalue weighted by Gasteiger charge is -2.08. The predicted molar refractivity (Wildman–Crippen MR) is 67.4 cm³/mol. The van der Waals surface area contributed by atoms with Crippen LogP contribution in [-0.2, 0) is 10.0 Å². The predicted octanol–water partition coefficient (Wildman–Crippen LogP) is 1.95. The molecular formula is C11H11ClFNO3S.